The smallest absolute Gasteiger partial charge is 0.339 e. The first kappa shape index (κ1) is 47.7. The van der Waals surface area contributed by atoms with Crippen LogP contribution in [0.2, 0.25) is 0 Å². The quantitative estimate of drug-likeness (QED) is 0.0598. The highest BCUT2D eigenvalue weighted by Gasteiger charge is 2.39. The number of ether oxygens (including phenoxy) is 4. The van der Waals surface area contributed by atoms with Gasteiger partial charge in [0.2, 0.25) is 0 Å². The van der Waals surface area contributed by atoms with E-state index in [1.165, 1.54) is 0 Å². The summed E-state index contributed by atoms with van der Waals surface area (Å²) in [6.07, 6.45) is 0. The molecule has 0 aromatic heterocycles. The fraction of sp³-hybridized carbons (Fsp3) is 0.200. The number of esters is 4. The lowest BCUT2D eigenvalue weighted by Crippen LogP contribution is -2.44. The molecule has 4 aromatic rings. The van der Waals surface area contributed by atoms with Gasteiger partial charge in [-0.25, -0.2) is 19.2 Å². The zero-order valence-electron chi connectivity index (χ0n) is 27.0. The van der Waals surface area contributed by atoms with E-state index >= 15 is 0 Å². The number of benzene rings is 4. The summed E-state index contributed by atoms with van der Waals surface area (Å²) in [5.41, 5.74) is 1.65. The molecule has 0 saturated heterocycles. The Morgan fingerprint density at radius 1 is 0.434 bits per heavy atom. The predicted molar refractivity (Wildman–Crippen MR) is 286 cm³/mol. The third-order valence-corrected chi connectivity index (χ3v) is 19.7. The van der Waals surface area contributed by atoms with Gasteiger partial charge in [-0.3, -0.25) is 0 Å². The molecule has 0 N–H and O–H groups in total. The molecule has 0 fully saturated rings. The summed E-state index contributed by atoms with van der Waals surface area (Å²) in [6, 6.07) is 14.7. The van der Waals surface area contributed by atoms with Crippen molar-refractivity contribution in [3.05, 3.63) is 118 Å². The van der Waals surface area contributed by atoms with Crippen molar-refractivity contribution < 1.29 is 38.1 Å². The van der Waals surface area contributed by atoms with Gasteiger partial charge in [-0.05, 0) is 299 Å². The molecule has 4 rings (SSSR count). The molecule has 0 saturated carbocycles. The Kier molecular flexibility index (Phi) is 19.4. The molecule has 0 heterocycles. The molecule has 0 radical (unpaired) electrons. The number of hydrogen-bond donors (Lipinski definition) is 0. The standard InChI is InChI=1S/C35H22I10O8/c1-15-3-20(28(43)24(39)4-15)31(46)50-11-35(12-51-32(47)21-6-17(36)5-16(2)27(21)42,13-52-33(48)22-7-18(37)9-25(40)29(22)44)14-53-34(49)23-8-19(38)10-26(41)30(23)45/h3-10H,11-14H2,1-2H3. The fourth-order valence-electron chi connectivity index (χ4n) is 4.59. The van der Waals surface area contributed by atoms with E-state index in [-0.39, 0.29) is 0 Å². The van der Waals surface area contributed by atoms with Gasteiger partial charge in [0.25, 0.3) is 0 Å². The number of carbonyl (C=O) groups excluding carboxylic acids is 4. The number of aryl methyl sites for hydroxylation is 2. The molecule has 0 atom stereocenters. The molecule has 53 heavy (non-hydrogen) atoms. The van der Waals surface area contributed by atoms with E-state index in [1.807, 2.05) is 38.1 Å². The van der Waals surface area contributed by atoms with Crippen molar-refractivity contribution in [3.63, 3.8) is 0 Å². The van der Waals surface area contributed by atoms with Crippen LogP contribution in [0.1, 0.15) is 52.6 Å². The maximum atomic E-state index is 13.7. The van der Waals surface area contributed by atoms with Crippen molar-refractivity contribution in [1.29, 1.82) is 0 Å². The van der Waals surface area contributed by atoms with E-state index in [4.69, 9.17) is 18.9 Å². The molecule has 0 amide bonds. The highest BCUT2D eigenvalue weighted by Crippen LogP contribution is 2.30. The Morgan fingerprint density at radius 3 is 1.11 bits per heavy atom. The van der Waals surface area contributed by atoms with Crippen LogP contribution >= 0.6 is 226 Å². The number of carbonyl (C=O) groups is 4. The normalized spacial score (nSPS) is 11.2. The Labute approximate surface area is 442 Å². The van der Waals surface area contributed by atoms with E-state index in [0.717, 1.165) is 36.1 Å². The van der Waals surface area contributed by atoms with Crippen molar-refractivity contribution >= 4 is 250 Å². The van der Waals surface area contributed by atoms with Crippen molar-refractivity contribution in [1.82, 2.24) is 0 Å². The average Bonchev–Trinajstić information content (AvgIpc) is 3.09. The average molecular weight is 1840 g/mol. The summed E-state index contributed by atoms with van der Waals surface area (Å²) in [4.78, 5) is 54.8. The summed E-state index contributed by atoms with van der Waals surface area (Å²) in [6.45, 7) is 2.13. The van der Waals surface area contributed by atoms with E-state index in [1.54, 1.807) is 24.3 Å². The SMILES string of the molecule is Cc1cc(I)c(I)c(C(=O)OCC(COC(=O)c2cc(I)cc(C)c2I)(COC(=O)c2cc(I)cc(I)c2I)COC(=O)c2cc(I)cc(I)c2I)c1. The van der Waals surface area contributed by atoms with Gasteiger partial charge in [0, 0.05) is 35.7 Å². The number of hydrogen-bond acceptors (Lipinski definition) is 8. The van der Waals surface area contributed by atoms with Gasteiger partial charge in [0.05, 0.1) is 22.3 Å². The van der Waals surface area contributed by atoms with Crippen molar-refractivity contribution in [2.75, 3.05) is 26.4 Å². The first-order valence-electron chi connectivity index (χ1n) is 14.7. The van der Waals surface area contributed by atoms with Crippen molar-refractivity contribution in [2.24, 2.45) is 5.41 Å². The minimum Gasteiger partial charge on any atom is -0.461 e. The van der Waals surface area contributed by atoms with Crippen LogP contribution in [-0.4, -0.2) is 50.3 Å². The van der Waals surface area contributed by atoms with Crippen LogP contribution in [0.5, 0.6) is 0 Å². The zero-order valence-corrected chi connectivity index (χ0v) is 48.6. The molecule has 0 unspecified atom stereocenters. The van der Waals surface area contributed by atoms with Crippen LogP contribution in [0, 0.1) is 55.0 Å². The molecule has 0 spiro atoms. The van der Waals surface area contributed by atoms with Crippen molar-refractivity contribution in [3.8, 4) is 0 Å². The monoisotopic (exact) mass is 1840 g/mol. The lowest BCUT2D eigenvalue weighted by molar-refractivity contribution is -0.0642. The van der Waals surface area contributed by atoms with Crippen LogP contribution in [-0.2, 0) is 18.9 Å². The summed E-state index contributed by atoms with van der Waals surface area (Å²) >= 11 is 21.3. The van der Waals surface area contributed by atoms with Gasteiger partial charge < -0.3 is 18.9 Å². The van der Waals surface area contributed by atoms with Gasteiger partial charge >= 0.3 is 23.9 Å². The fourth-order valence-corrected chi connectivity index (χ4v) is 12.0. The van der Waals surface area contributed by atoms with E-state index in [2.05, 4.69) is 226 Å². The maximum absolute atomic E-state index is 13.7. The van der Waals surface area contributed by atoms with Gasteiger partial charge in [-0.2, -0.15) is 0 Å². The Morgan fingerprint density at radius 2 is 0.736 bits per heavy atom. The Balaban J connectivity index is 1.76. The first-order chi connectivity index (χ1) is 24.8. The highest BCUT2D eigenvalue weighted by molar-refractivity contribution is 14.1. The second-order valence-corrected chi connectivity index (χ2v) is 23.0. The van der Waals surface area contributed by atoms with E-state index in [9.17, 15) is 19.2 Å². The Hall–Kier alpha value is 2.06. The second kappa shape index (κ2) is 21.5. The van der Waals surface area contributed by atoms with E-state index < -0.39 is 55.7 Å². The third kappa shape index (κ3) is 13.0. The minimum absolute atomic E-state index is 0.345. The summed E-state index contributed by atoms with van der Waals surface area (Å²) in [7, 11) is 0. The Bertz CT molecular complexity index is 1820. The highest BCUT2D eigenvalue weighted by atomic mass is 127. The molecular weight excluding hydrogens is 1820 g/mol. The van der Waals surface area contributed by atoms with Crippen LogP contribution < -0.4 is 0 Å². The molecule has 0 aliphatic rings. The molecule has 4 aromatic carbocycles. The van der Waals surface area contributed by atoms with Crippen LogP contribution in [0.4, 0.5) is 0 Å². The summed E-state index contributed by atoms with van der Waals surface area (Å²) in [5.74, 6) is -2.52. The van der Waals surface area contributed by atoms with Gasteiger partial charge in [0.1, 0.15) is 31.8 Å². The van der Waals surface area contributed by atoms with Crippen molar-refractivity contribution in [2.45, 2.75) is 13.8 Å². The summed E-state index contributed by atoms with van der Waals surface area (Å²) in [5, 5.41) is 0. The molecule has 0 aliphatic heterocycles. The summed E-state index contributed by atoms with van der Waals surface area (Å²) < 4.78 is 31.8. The number of rotatable bonds is 12. The minimum atomic E-state index is -1.51. The van der Waals surface area contributed by atoms with Crippen LogP contribution in [0.3, 0.4) is 0 Å². The van der Waals surface area contributed by atoms with Gasteiger partial charge in [-0.15, -0.1) is 0 Å². The molecule has 0 bridgehead atoms. The third-order valence-electron chi connectivity index (χ3n) is 7.30. The lowest BCUT2D eigenvalue weighted by Gasteiger charge is -2.32. The molecule has 8 nitrogen and oxygen atoms in total. The molecule has 280 valence electrons. The van der Waals surface area contributed by atoms with Crippen LogP contribution in [0.25, 0.3) is 0 Å². The first-order valence-corrected chi connectivity index (χ1v) is 25.5. The zero-order chi connectivity index (χ0) is 39.4. The second-order valence-electron chi connectivity index (χ2n) is 11.5. The largest absolute Gasteiger partial charge is 0.461 e. The maximum Gasteiger partial charge on any atom is 0.339 e. The van der Waals surface area contributed by atoms with Gasteiger partial charge in [-0.1, -0.05) is 0 Å². The predicted octanol–water partition coefficient (Wildman–Crippen LogP) is 12.1. The molecular formula is C35H22I10O8. The molecule has 18 heteroatoms. The molecule has 0 aliphatic carbocycles. The topological polar surface area (TPSA) is 105 Å². The van der Waals surface area contributed by atoms with E-state index in [0.29, 0.717) is 33.0 Å². The van der Waals surface area contributed by atoms with Crippen LogP contribution in [0.15, 0.2) is 48.5 Å². The lowest BCUT2D eigenvalue weighted by atomic mass is 9.92. The number of halogens is 10. The van der Waals surface area contributed by atoms with Gasteiger partial charge in [0.15, 0.2) is 0 Å².